The van der Waals surface area contributed by atoms with Gasteiger partial charge in [-0.3, -0.25) is 9.79 Å². The highest BCUT2D eigenvalue weighted by atomic mass is 127. The van der Waals surface area contributed by atoms with Crippen molar-refractivity contribution in [2.24, 2.45) is 10.9 Å². The van der Waals surface area contributed by atoms with Crippen LogP contribution < -0.4 is 16.0 Å². The molecule has 0 aliphatic carbocycles. The summed E-state index contributed by atoms with van der Waals surface area (Å²) in [6, 6.07) is 7.72. The molecule has 6 nitrogen and oxygen atoms in total. The summed E-state index contributed by atoms with van der Waals surface area (Å²) in [5.41, 5.74) is 1.74. The van der Waals surface area contributed by atoms with E-state index in [0.29, 0.717) is 24.6 Å². The lowest BCUT2D eigenvalue weighted by molar-refractivity contribution is 0.0951. The van der Waals surface area contributed by atoms with Gasteiger partial charge in [0.25, 0.3) is 5.91 Å². The molecule has 0 aliphatic rings. The Morgan fingerprint density at radius 3 is 2.55 bits per heavy atom. The van der Waals surface area contributed by atoms with Gasteiger partial charge in [-0.2, -0.15) is 0 Å². The van der Waals surface area contributed by atoms with E-state index in [1.807, 2.05) is 43.3 Å². The van der Waals surface area contributed by atoms with Crippen LogP contribution in [0.2, 0.25) is 0 Å². The number of halogens is 1. The lowest BCUT2D eigenvalue weighted by Gasteiger charge is -2.18. The van der Waals surface area contributed by atoms with Crippen LogP contribution in [0, 0.1) is 5.92 Å². The largest absolute Gasteiger partial charge is 0.356 e. The van der Waals surface area contributed by atoms with Crippen LogP contribution in [0.3, 0.4) is 0 Å². The molecule has 0 aliphatic heterocycles. The molecule has 166 valence electrons. The number of nitrogens with one attached hydrogen (secondary N) is 3. The lowest BCUT2D eigenvalue weighted by Crippen LogP contribution is -2.39. The molecule has 1 aromatic carbocycles. The van der Waals surface area contributed by atoms with Crippen LogP contribution in [0.5, 0.6) is 0 Å². The van der Waals surface area contributed by atoms with Gasteiger partial charge in [0.05, 0.1) is 0 Å². The van der Waals surface area contributed by atoms with Crippen molar-refractivity contribution >= 4 is 35.8 Å². The molecule has 3 N–H and O–H groups in total. The predicted octanol–water partition coefficient (Wildman–Crippen LogP) is 3.48. The molecule has 29 heavy (non-hydrogen) atoms. The molecular formula is C22H40IN5O. The molecule has 0 saturated heterocycles. The summed E-state index contributed by atoms with van der Waals surface area (Å²) in [6.07, 6.45) is 4.94. The SMILES string of the molecule is CCCCC(CC)CNC(=NC)NCc1cccc(C(=O)NCCN(C)C)c1.I. The van der Waals surface area contributed by atoms with E-state index >= 15 is 0 Å². The van der Waals surface area contributed by atoms with Crippen LogP contribution >= 0.6 is 24.0 Å². The average Bonchev–Trinajstić information content (AvgIpc) is 2.70. The first kappa shape index (κ1) is 27.6. The van der Waals surface area contributed by atoms with E-state index < -0.39 is 0 Å². The van der Waals surface area contributed by atoms with Crippen LogP contribution in [-0.2, 0) is 6.54 Å². The second-order valence-electron chi connectivity index (χ2n) is 7.48. The molecule has 1 unspecified atom stereocenters. The first-order valence-electron chi connectivity index (χ1n) is 10.5. The number of amides is 1. The zero-order valence-electron chi connectivity index (χ0n) is 18.8. The Hall–Kier alpha value is -1.35. The summed E-state index contributed by atoms with van der Waals surface area (Å²) in [6.45, 7) is 7.51. The zero-order chi connectivity index (χ0) is 20.8. The van der Waals surface area contributed by atoms with Gasteiger partial charge in [0.15, 0.2) is 5.96 Å². The number of hydrogen-bond donors (Lipinski definition) is 3. The first-order chi connectivity index (χ1) is 13.5. The van der Waals surface area contributed by atoms with E-state index in [1.165, 1.54) is 25.7 Å². The van der Waals surface area contributed by atoms with Gasteiger partial charge in [-0.15, -0.1) is 24.0 Å². The van der Waals surface area contributed by atoms with Gasteiger partial charge in [0.2, 0.25) is 0 Å². The topological polar surface area (TPSA) is 68.8 Å². The number of nitrogens with zero attached hydrogens (tertiary/aromatic N) is 2. The molecule has 1 rings (SSSR count). The van der Waals surface area contributed by atoms with Gasteiger partial charge in [-0.1, -0.05) is 45.2 Å². The van der Waals surface area contributed by atoms with Gasteiger partial charge in [0.1, 0.15) is 0 Å². The summed E-state index contributed by atoms with van der Waals surface area (Å²) in [5.74, 6) is 1.44. The van der Waals surface area contributed by atoms with E-state index in [0.717, 1.165) is 24.6 Å². The fourth-order valence-corrected chi connectivity index (χ4v) is 2.91. The average molecular weight is 518 g/mol. The highest BCUT2D eigenvalue weighted by Crippen LogP contribution is 2.11. The third-order valence-corrected chi connectivity index (χ3v) is 4.82. The summed E-state index contributed by atoms with van der Waals surface area (Å²) < 4.78 is 0. The second kappa shape index (κ2) is 16.4. The molecule has 0 aromatic heterocycles. The molecule has 0 spiro atoms. The second-order valence-corrected chi connectivity index (χ2v) is 7.48. The van der Waals surface area contributed by atoms with Crippen LogP contribution in [-0.4, -0.2) is 57.5 Å². The Bertz CT molecular complexity index is 607. The minimum absolute atomic E-state index is 0. The fourth-order valence-electron chi connectivity index (χ4n) is 2.91. The minimum Gasteiger partial charge on any atom is -0.356 e. The van der Waals surface area contributed by atoms with Crippen molar-refractivity contribution < 1.29 is 4.79 Å². The van der Waals surface area contributed by atoms with Gasteiger partial charge < -0.3 is 20.9 Å². The van der Waals surface area contributed by atoms with Gasteiger partial charge in [-0.05, 0) is 44.1 Å². The molecule has 0 fully saturated rings. The molecule has 1 atom stereocenters. The number of benzene rings is 1. The maximum absolute atomic E-state index is 12.3. The number of guanidine groups is 1. The zero-order valence-corrected chi connectivity index (χ0v) is 21.1. The van der Waals surface area contributed by atoms with Crippen LogP contribution in [0.4, 0.5) is 0 Å². The molecule has 0 saturated carbocycles. The predicted molar refractivity (Wildman–Crippen MR) is 134 cm³/mol. The molecule has 0 radical (unpaired) electrons. The number of carbonyl (C=O) groups excluding carboxylic acids is 1. The first-order valence-corrected chi connectivity index (χ1v) is 10.5. The third kappa shape index (κ3) is 12.1. The minimum atomic E-state index is -0.0343. The van der Waals surface area contributed by atoms with E-state index in [4.69, 9.17) is 0 Å². The van der Waals surface area contributed by atoms with E-state index in [1.54, 1.807) is 7.05 Å². The van der Waals surface area contributed by atoms with E-state index in [-0.39, 0.29) is 29.9 Å². The Labute approximate surface area is 194 Å². The summed E-state index contributed by atoms with van der Waals surface area (Å²) in [4.78, 5) is 18.6. The standard InChI is InChI=1S/C22H39N5O.HI/c1-6-8-10-18(7-2)16-25-22(23-3)26-17-19-11-9-12-20(15-19)21(28)24-13-14-27(4)5;/h9,11-12,15,18H,6-8,10,13-14,16-17H2,1-5H3,(H,24,28)(H2,23,25,26);1H. The van der Waals surface area contributed by atoms with E-state index in [2.05, 4.69) is 34.8 Å². The van der Waals surface area contributed by atoms with Crippen molar-refractivity contribution in [2.75, 3.05) is 40.8 Å². The van der Waals surface area contributed by atoms with Gasteiger partial charge >= 0.3 is 0 Å². The molecule has 0 heterocycles. The maximum atomic E-state index is 12.3. The van der Waals surface area contributed by atoms with Crippen molar-refractivity contribution in [2.45, 2.75) is 46.1 Å². The molecule has 1 amide bonds. The van der Waals surface area contributed by atoms with Gasteiger partial charge in [0, 0.05) is 38.8 Å². The number of unbranched alkanes of at least 4 members (excludes halogenated alkanes) is 1. The number of rotatable bonds is 12. The third-order valence-electron chi connectivity index (χ3n) is 4.82. The van der Waals surface area contributed by atoms with Crippen molar-refractivity contribution in [1.29, 1.82) is 0 Å². The Morgan fingerprint density at radius 1 is 1.17 bits per heavy atom. The van der Waals surface area contributed by atoms with Crippen molar-refractivity contribution in [1.82, 2.24) is 20.9 Å². The van der Waals surface area contributed by atoms with Crippen LogP contribution in [0.25, 0.3) is 0 Å². The summed E-state index contributed by atoms with van der Waals surface area (Å²) >= 11 is 0. The van der Waals surface area contributed by atoms with Crippen molar-refractivity contribution in [3.05, 3.63) is 35.4 Å². The maximum Gasteiger partial charge on any atom is 0.251 e. The number of likely N-dealkylation sites (N-methyl/N-ethyl adjacent to an activating group) is 1. The molecule has 7 heteroatoms. The van der Waals surface area contributed by atoms with Gasteiger partial charge in [-0.25, -0.2) is 0 Å². The van der Waals surface area contributed by atoms with Crippen molar-refractivity contribution in [3.8, 4) is 0 Å². The molecular weight excluding hydrogens is 477 g/mol. The highest BCUT2D eigenvalue weighted by Gasteiger charge is 2.08. The quantitative estimate of drug-likeness (QED) is 0.226. The number of aliphatic imine (C=N–C) groups is 1. The van der Waals surface area contributed by atoms with Crippen LogP contribution in [0.1, 0.15) is 55.5 Å². The Morgan fingerprint density at radius 2 is 1.93 bits per heavy atom. The summed E-state index contributed by atoms with van der Waals surface area (Å²) in [5, 5.41) is 9.73. The smallest absolute Gasteiger partial charge is 0.251 e. The summed E-state index contributed by atoms with van der Waals surface area (Å²) in [7, 11) is 5.77. The monoisotopic (exact) mass is 517 g/mol. The van der Waals surface area contributed by atoms with Crippen molar-refractivity contribution in [3.63, 3.8) is 0 Å². The normalized spacial score (nSPS) is 12.3. The van der Waals surface area contributed by atoms with Crippen LogP contribution in [0.15, 0.2) is 29.3 Å². The number of hydrogen-bond acceptors (Lipinski definition) is 3. The lowest BCUT2D eigenvalue weighted by atomic mass is 9.99. The fraction of sp³-hybridized carbons (Fsp3) is 0.636. The molecule has 1 aromatic rings. The molecule has 0 bridgehead atoms. The Kier molecular flexibility index (Phi) is 15.7. The van der Waals surface area contributed by atoms with E-state index in [9.17, 15) is 4.79 Å². The Balaban J connectivity index is 0.00000784. The number of carbonyl (C=O) groups is 1. The highest BCUT2D eigenvalue weighted by molar-refractivity contribution is 14.0.